The monoisotopic (exact) mass is 367 g/mol. The molecule has 4 rings (SSSR count). The number of aryl methyl sites for hydroxylation is 2. The Kier molecular flexibility index (Phi) is 4.24. The number of carbonyl (C=O) groups is 1. The van der Waals surface area contributed by atoms with Crippen molar-refractivity contribution in [2.75, 3.05) is 11.4 Å². The second-order valence-electron chi connectivity index (χ2n) is 6.58. The highest BCUT2D eigenvalue weighted by Crippen LogP contribution is 2.35. The molecule has 0 bridgehead atoms. The van der Waals surface area contributed by atoms with E-state index in [1.807, 2.05) is 55.1 Å². The van der Waals surface area contributed by atoms with E-state index in [-0.39, 0.29) is 11.8 Å². The number of para-hydroxylation sites is 1. The average molecular weight is 368 g/mol. The molecule has 0 radical (unpaired) electrons. The predicted molar refractivity (Wildman–Crippen MR) is 100 cm³/mol. The van der Waals surface area contributed by atoms with Crippen molar-refractivity contribution < 1.29 is 9.32 Å². The Morgan fingerprint density at radius 3 is 2.58 bits per heavy atom. The molecular weight excluding hydrogens is 350 g/mol. The molecule has 1 aliphatic heterocycles. The first kappa shape index (κ1) is 16.8. The maximum atomic E-state index is 12.6. The first-order valence-corrected chi connectivity index (χ1v) is 8.87. The van der Waals surface area contributed by atoms with Crippen molar-refractivity contribution in [1.29, 1.82) is 0 Å². The zero-order chi connectivity index (χ0) is 18.3. The third-order valence-corrected chi connectivity index (χ3v) is 5.07. The molecule has 1 saturated heterocycles. The Labute approximate surface area is 156 Å². The maximum absolute atomic E-state index is 12.6. The minimum atomic E-state index is -0.120. The van der Waals surface area contributed by atoms with Crippen LogP contribution < -0.4 is 4.90 Å². The molecule has 132 valence electrons. The summed E-state index contributed by atoms with van der Waals surface area (Å²) in [5.41, 5.74) is 3.87. The third kappa shape index (κ3) is 2.88. The Morgan fingerprint density at radius 1 is 1.12 bits per heavy atom. The van der Waals surface area contributed by atoms with Gasteiger partial charge in [0.15, 0.2) is 0 Å². The number of carbonyl (C=O) groups excluding carboxylic acids is 1. The van der Waals surface area contributed by atoms with Crippen molar-refractivity contribution >= 4 is 23.2 Å². The van der Waals surface area contributed by atoms with E-state index in [2.05, 4.69) is 10.1 Å². The minimum Gasteiger partial charge on any atom is -0.339 e. The highest BCUT2D eigenvalue weighted by molar-refractivity contribution is 6.33. The molecule has 26 heavy (non-hydrogen) atoms. The van der Waals surface area contributed by atoms with Gasteiger partial charge in [0.05, 0.1) is 10.9 Å². The smallest absolute Gasteiger partial charge is 0.232 e. The summed E-state index contributed by atoms with van der Waals surface area (Å²) in [5.74, 6) is 0.876. The molecule has 0 saturated carbocycles. The van der Waals surface area contributed by atoms with Gasteiger partial charge in [0.25, 0.3) is 0 Å². The van der Waals surface area contributed by atoms with Crippen LogP contribution in [0.2, 0.25) is 5.02 Å². The summed E-state index contributed by atoms with van der Waals surface area (Å²) >= 11 is 6.20. The average Bonchev–Trinajstić information content (AvgIpc) is 3.23. The van der Waals surface area contributed by atoms with Gasteiger partial charge in [0.2, 0.25) is 17.6 Å². The first-order valence-electron chi connectivity index (χ1n) is 8.49. The summed E-state index contributed by atoms with van der Waals surface area (Å²) in [6.45, 7) is 4.57. The Balaban J connectivity index is 1.61. The van der Waals surface area contributed by atoms with Crippen molar-refractivity contribution in [2.24, 2.45) is 0 Å². The van der Waals surface area contributed by atoms with Crippen LogP contribution in [0, 0.1) is 13.8 Å². The quantitative estimate of drug-likeness (QED) is 0.682. The van der Waals surface area contributed by atoms with Crippen molar-refractivity contribution in [1.82, 2.24) is 10.1 Å². The molecule has 5 nitrogen and oxygen atoms in total. The van der Waals surface area contributed by atoms with E-state index in [9.17, 15) is 4.79 Å². The van der Waals surface area contributed by atoms with Gasteiger partial charge in [-0.25, -0.2) is 0 Å². The number of nitrogens with zero attached hydrogens (tertiary/aromatic N) is 3. The van der Waals surface area contributed by atoms with Gasteiger partial charge in [-0.3, -0.25) is 4.79 Å². The van der Waals surface area contributed by atoms with Gasteiger partial charge < -0.3 is 9.42 Å². The fourth-order valence-corrected chi connectivity index (χ4v) is 3.69. The lowest BCUT2D eigenvalue weighted by molar-refractivity contribution is -0.117. The SMILES string of the molecule is Cc1cccc(C)c1N1C[C@@H](c2nc(-c3ccccc3Cl)no2)CC1=O. The van der Waals surface area contributed by atoms with E-state index in [1.54, 1.807) is 6.07 Å². The van der Waals surface area contributed by atoms with Crippen LogP contribution in [-0.2, 0) is 4.79 Å². The molecule has 2 heterocycles. The molecule has 0 unspecified atom stereocenters. The normalized spacial score (nSPS) is 17.1. The van der Waals surface area contributed by atoms with E-state index in [0.29, 0.717) is 29.7 Å². The fourth-order valence-electron chi connectivity index (χ4n) is 3.47. The molecule has 2 aromatic carbocycles. The Hall–Kier alpha value is -2.66. The molecule has 1 aromatic heterocycles. The van der Waals surface area contributed by atoms with Crippen LogP contribution >= 0.6 is 11.6 Å². The van der Waals surface area contributed by atoms with Crippen molar-refractivity contribution in [3.05, 3.63) is 64.5 Å². The van der Waals surface area contributed by atoms with Crippen molar-refractivity contribution in [2.45, 2.75) is 26.2 Å². The van der Waals surface area contributed by atoms with Gasteiger partial charge in [0.1, 0.15) is 0 Å². The highest BCUT2D eigenvalue weighted by Gasteiger charge is 2.36. The number of benzene rings is 2. The molecule has 0 aliphatic carbocycles. The summed E-state index contributed by atoms with van der Waals surface area (Å²) in [6.07, 6.45) is 0.359. The number of halogens is 1. The fraction of sp³-hybridized carbons (Fsp3) is 0.250. The predicted octanol–water partition coefficient (Wildman–Crippen LogP) is 4.53. The largest absolute Gasteiger partial charge is 0.339 e. The van der Waals surface area contributed by atoms with Crippen LogP contribution in [0.5, 0.6) is 0 Å². The van der Waals surface area contributed by atoms with Crippen LogP contribution in [0.1, 0.15) is 29.4 Å². The van der Waals surface area contributed by atoms with E-state index < -0.39 is 0 Å². The number of hydrogen-bond donors (Lipinski definition) is 0. The zero-order valence-corrected chi connectivity index (χ0v) is 15.3. The van der Waals surface area contributed by atoms with E-state index in [1.165, 1.54) is 0 Å². The lowest BCUT2D eigenvalue weighted by Gasteiger charge is -2.21. The minimum absolute atomic E-state index is 0.0740. The number of rotatable bonds is 3. The van der Waals surface area contributed by atoms with Gasteiger partial charge in [-0.15, -0.1) is 0 Å². The van der Waals surface area contributed by atoms with Gasteiger partial charge >= 0.3 is 0 Å². The van der Waals surface area contributed by atoms with Crippen LogP contribution in [-0.4, -0.2) is 22.6 Å². The van der Waals surface area contributed by atoms with Crippen molar-refractivity contribution in [3.63, 3.8) is 0 Å². The first-order chi connectivity index (χ1) is 12.5. The van der Waals surface area contributed by atoms with Crippen LogP contribution in [0.25, 0.3) is 11.4 Å². The summed E-state index contributed by atoms with van der Waals surface area (Å²) in [4.78, 5) is 18.9. The van der Waals surface area contributed by atoms with Gasteiger partial charge in [-0.1, -0.05) is 47.1 Å². The molecule has 1 atom stereocenters. The second-order valence-corrected chi connectivity index (χ2v) is 6.99. The molecule has 1 fully saturated rings. The van der Waals surface area contributed by atoms with Crippen LogP contribution in [0.3, 0.4) is 0 Å². The van der Waals surface area contributed by atoms with Crippen LogP contribution in [0.4, 0.5) is 5.69 Å². The number of anilines is 1. The number of amides is 1. The molecule has 0 spiro atoms. The summed E-state index contributed by atoms with van der Waals surface area (Å²) in [7, 11) is 0. The van der Waals surface area contributed by atoms with Gasteiger partial charge in [0, 0.05) is 24.2 Å². The zero-order valence-electron chi connectivity index (χ0n) is 14.6. The summed E-state index contributed by atoms with van der Waals surface area (Å²) in [6, 6.07) is 13.4. The molecule has 1 amide bonds. The number of hydrogen-bond acceptors (Lipinski definition) is 4. The van der Waals surface area contributed by atoms with Gasteiger partial charge in [-0.2, -0.15) is 4.98 Å². The standard InChI is InChI=1S/C20H18ClN3O2/c1-12-6-5-7-13(2)18(12)24-11-14(10-17(24)25)20-22-19(23-26-20)15-8-3-4-9-16(15)21/h3-9,14H,10-11H2,1-2H3/t14-/m0/s1. The summed E-state index contributed by atoms with van der Waals surface area (Å²) in [5, 5.41) is 4.62. The molecule has 3 aromatic rings. The Bertz CT molecular complexity index is 962. The number of aromatic nitrogens is 2. The Morgan fingerprint density at radius 2 is 1.85 bits per heavy atom. The molecular formula is C20H18ClN3O2. The maximum Gasteiger partial charge on any atom is 0.232 e. The second kappa shape index (κ2) is 6.57. The topological polar surface area (TPSA) is 59.2 Å². The lowest BCUT2D eigenvalue weighted by Crippen LogP contribution is -2.26. The lowest BCUT2D eigenvalue weighted by atomic mass is 10.1. The summed E-state index contributed by atoms with van der Waals surface area (Å²) < 4.78 is 5.45. The van der Waals surface area contributed by atoms with Crippen LogP contribution in [0.15, 0.2) is 47.0 Å². The van der Waals surface area contributed by atoms with Gasteiger partial charge in [-0.05, 0) is 37.1 Å². The van der Waals surface area contributed by atoms with E-state index in [4.69, 9.17) is 16.1 Å². The van der Waals surface area contributed by atoms with E-state index in [0.717, 1.165) is 22.4 Å². The van der Waals surface area contributed by atoms with Crippen molar-refractivity contribution in [3.8, 4) is 11.4 Å². The third-order valence-electron chi connectivity index (χ3n) is 4.74. The molecule has 1 aliphatic rings. The molecule has 6 heteroatoms. The van der Waals surface area contributed by atoms with E-state index >= 15 is 0 Å². The molecule has 0 N–H and O–H groups in total. The highest BCUT2D eigenvalue weighted by atomic mass is 35.5.